The van der Waals surface area contributed by atoms with E-state index in [2.05, 4.69) is 33.4 Å². The second-order valence-corrected chi connectivity index (χ2v) is 7.43. The van der Waals surface area contributed by atoms with Gasteiger partial charge in [-0.05, 0) is 67.8 Å². The standard InChI is InChI=1S/C20H23BrN2O2/c1-23(12-16-10-17(21)7-9-19(16)25-2)13-20(24)22-18-8-6-14-4-3-5-15(14)11-18/h6-11H,3-5,12-13H2,1-2H3,(H,22,24). The Kier molecular flexibility index (Phi) is 5.76. The fourth-order valence-corrected chi connectivity index (χ4v) is 3.72. The smallest absolute Gasteiger partial charge is 0.238 e. The zero-order valence-corrected chi connectivity index (χ0v) is 16.2. The minimum atomic E-state index is -0.00518. The van der Waals surface area contributed by atoms with Gasteiger partial charge in [-0.15, -0.1) is 0 Å². The van der Waals surface area contributed by atoms with Crippen LogP contribution in [0.15, 0.2) is 40.9 Å². The second kappa shape index (κ2) is 8.02. The van der Waals surface area contributed by atoms with Gasteiger partial charge in [0.1, 0.15) is 5.75 Å². The number of hydrogen-bond donors (Lipinski definition) is 1. The van der Waals surface area contributed by atoms with Crippen molar-refractivity contribution in [3.8, 4) is 5.75 Å². The van der Waals surface area contributed by atoms with Crippen molar-refractivity contribution < 1.29 is 9.53 Å². The van der Waals surface area contributed by atoms with Crippen LogP contribution >= 0.6 is 15.9 Å². The highest BCUT2D eigenvalue weighted by Gasteiger charge is 2.14. The maximum atomic E-state index is 12.3. The fraction of sp³-hybridized carbons (Fsp3) is 0.350. The molecule has 25 heavy (non-hydrogen) atoms. The van der Waals surface area contributed by atoms with Gasteiger partial charge < -0.3 is 10.1 Å². The SMILES string of the molecule is COc1ccc(Br)cc1CN(C)CC(=O)Nc1ccc2c(c1)CCC2. The van der Waals surface area contributed by atoms with Gasteiger partial charge >= 0.3 is 0 Å². The van der Waals surface area contributed by atoms with Crippen LogP contribution in [-0.4, -0.2) is 31.5 Å². The number of ether oxygens (including phenoxy) is 1. The van der Waals surface area contributed by atoms with Crippen LogP contribution in [0.25, 0.3) is 0 Å². The van der Waals surface area contributed by atoms with Crippen LogP contribution in [0.5, 0.6) is 5.75 Å². The summed E-state index contributed by atoms with van der Waals surface area (Å²) >= 11 is 3.48. The highest BCUT2D eigenvalue weighted by molar-refractivity contribution is 9.10. The lowest BCUT2D eigenvalue weighted by Crippen LogP contribution is -2.30. The van der Waals surface area contributed by atoms with E-state index < -0.39 is 0 Å². The van der Waals surface area contributed by atoms with Crippen molar-refractivity contribution in [1.29, 1.82) is 0 Å². The highest BCUT2D eigenvalue weighted by atomic mass is 79.9. The number of likely N-dealkylation sites (N-methyl/N-ethyl adjacent to an activating group) is 1. The molecule has 0 atom stereocenters. The molecule has 0 fully saturated rings. The average Bonchev–Trinajstić information content (AvgIpc) is 3.02. The number of carbonyl (C=O) groups excluding carboxylic acids is 1. The third kappa shape index (κ3) is 4.61. The Morgan fingerprint density at radius 1 is 1.20 bits per heavy atom. The number of carbonyl (C=O) groups is 1. The summed E-state index contributed by atoms with van der Waals surface area (Å²) < 4.78 is 6.40. The van der Waals surface area contributed by atoms with Crippen LogP contribution < -0.4 is 10.1 Å². The molecule has 3 rings (SSSR count). The lowest BCUT2D eigenvalue weighted by atomic mass is 10.1. The Labute approximate surface area is 157 Å². The number of methoxy groups -OCH3 is 1. The van der Waals surface area contributed by atoms with Crippen molar-refractivity contribution >= 4 is 27.5 Å². The van der Waals surface area contributed by atoms with Gasteiger partial charge in [0.2, 0.25) is 5.91 Å². The topological polar surface area (TPSA) is 41.6 Å². The van der Waals surface area contributed by atoms with Gasteiger partial charge in [-0.2, -0.15) is 0 Å². The summed E-state index contributed by atoms with van der Waals surface area (Å²) in [7, 11) is 3.59. The van der Waals surface area contributed by atoms with E-state index in [0.29, 0.717) is 13.1 Å². The molecule has 0 spiro atoms. The number of nitrogens with zero attached hydrogens (tertiary/aromatic N) is 1. The molecule has 0 unspecified atom stereocenters. The van der Waals surface area contributed by atoms with E-state index in [1.807, 2.05) is 36.2 Å². The minimum absolute atomic E-state index is 0.00518. The molecular weight excluding hydrogens is 380 g/mol. The van der Waals surface area contributed by atoms with Gasteiger partial charge in [0.15, 0.2) is 0 Å². The molecule has 0 aliphatic heterocycles. The number of nitrogens with one attached hydrogen (secondary N) is 1. The molecule has 0 aromatic heterocycles. The van der Waals surface area contributed by atoms with Crippen molar-refractivity contribution in [2.24, 2.45) is 0 Å². The van der Waals surface area contributed by atoms with Crippen LogP contribution in [0, 0.1) is 0 Å². The molecule has 1 aliphatic carbocycles. The number of fused-ring (bicyclic) bond motifs is 1. The molecule has 5 heteroatoms. The Morgan fingerprint density at radius 3 is 2.80 bits per heavy atom. The molecule has 1 amide bonds. The van der Waals surface area contributed by atoms with Gasteiger partial charge in [-0.1, -0.05) is 22.0 Å². The molecule has 0 saturated heterocycles. The molecule has 132 valence electrons. The number of rotatable bonds is 6. The van der Waals surface area contributed by atoms with Crippen LogP contribution in [0.2, 0.25) is 0 Å². The Hall–Kier alpha value is -1.85. The third-order valence-electron chi connectivity index (χ3n) is 4.48. The molecule has 0 bridgehead atoms. The van der Waals surface area contributed by atoms with E-state index in [1.54, 1.807) is 7.11 Å². The van der Waals surface area contributed by atoms with Crippen molar-refractivity contribution in [3.05, 3.63) is 57.6 Å². The summed E-state index contributed by atoms with van der Waals surface area (Å²) in [5.41, 5.74) is 4.71. The first kappa shape index (κ1) is 18.0. The predicted molar refractivity (Wildman–Crippen MR) is 104 cm³/mol. The number of anilines is 1. The lowest BCUT2D eigenvalue weighted by molar-refractivity contribution is -0.117. The molecule has 0 radical (unpaired) electrons. The first-order valence-corrected chi connectivity index (χ1v) is 9.27. The second-order valence-electron chi connectivity index (χ2n) is 6.51. The predicted octanol–water partition coefficient (Wildman–Crippen LogP) is 4.02. The molecule has 1 N–H and O–H groups in total. The van der Waals surface area contributed by atoms with E-state index in [-0.39, 0.29) is 5.91 Å². The van der Waals surface area contributed by atoms with Crippen LogP contribution in [0.3, 0.4) is 0 Å². The van der Waals surface area contributed by atoms with Gasteiger partial charge in [0.05, 0.1) is 13.7 Å². The molecular formula is C20H23BrN2O2. The number of aryl methyl sites for hydroxylation is 2. The van der Waals surface area contributed by atoms with Gasteiger partial charge in [0.25, 0.3) is 0 Å². The zero-order chi connectivity index (χ0) is 17.8. The van der Waals surface area contributed by atoms with E-state index in [0.717, 1.165) is 34.3 Å². The molecule has 2 aromatic rings. The number of benzene rings is 2. The summed E-state index contributed by atoms with van der Waals surface area (Å²) in [6.45, 7) is 0.965. The van der Waals surface area contributed by atoms with Gasteiger partial charge in [-0.3, -0.25) is 9.69 Å². The Bertz CT molecular complexity index is 776. The first-order valence-electron chi connectivity index (χ1n) is 8.48. The van der Waals surface area contributed by atoms with E-state index in [9.17, 15) is 4.79 Å². The van der Waals surface area contributed by atoms with Crippen LogP contribution in [0.4, 0.5) is 5.69 Å². The molecule has 1 aliphatic rings. The summed E-state index contributed by atoms with van der Waals surface area (Å²) in [6, 6.07) is 12.1. The zero-order valence-electron chi connectivity index (χ0n) is 14.6. The first-order chi connectivity index (χ1) is 12.0. The number of amides is 1. The van der Waals surface area contributed by atoms with Crippen LogP contribution in [0.1, 0.15) is 23.1 Å². The van der Waals surface area contributed by atoms with Crippen molar-refractivity contribution in [2.75, 3.05) is 26.0 Å². The summed E-state index contributed by atoms with van der Waals surface area (Å²) in [5.74, 6) is 0.823. The Balaban J connectivity index is 1.58. The van der Waals surface area contributed by atoms with E-state index >= 15 is 0 Å². The summed E-state index contributed by atoms with van der Waals surface area (Å²) in [5, 5.41) is 3.01. The van der Waals surface area contributed by atoms with E-state index in [4.69, 9.17) is 4.74 Å². The normalized spacial score (nSPS) is 13.0. The van der Waals surface area contributed by atoms with Gasteiger partial charge in [-0.25, -0.2) is 0 Å². The van der Waals surface area contributed by atoms with Crippen molar-refractivity contribution in [3.63, 3.8) is 0 Å². The largest absolute Gasteiger partial charge is 0.496 e. The molecule has 0 heterocycles. The summed E-state index contributed by atoms with van der Waals surface area (Å²) in [6.07, 6.45) is 3.48. The lowest BCUT2D eigenvalue weighted by Gasteiger charge is -2.18. The maximum Gasteiger partial charge on any atom is 0.238 e. The third-order valence-corrected chi connectivity index (χ3v) is 4.97. The fourth-order valence-electron chi connectivity index (χ4n) is 3.31. The number of hydrogen-bond acceptors (Lipinski definition) is 3. The van der Waals surface area contributed by atoms with Crippen molar-refractivity contribution in [1.82, 2.24) is 4.90 Å². The quantitative estimate of drug-likeness (QED) is 0.793. The van der Waals surface area contributed by atoms with Gasteiger partial charge in [0, 0.05) is 22.3 Å². The van der Waals surface area contributed by atoms with E-state index in [1.165, 1.54) is 17.5 Å². The molecule has 0 saturated carbocycles. The highest BCUT2D eigenvalue weighted by Crippen LogP contribution is 2.25. The molecule has 4 nitrogen and oxygen atoms in total. The Morgan fingerprint density at radius 2 is 2.00 bits per heavy atom. The maximum absolute atomic E-state index is 12.3. The van der Waals surface area contributed by atoms with Crippen molar-refractivity contribution in [2.45, 2.75) is 25.8 Å². The molecule has 2 aromatic carbocycles. The van der Waals surface area contributed by atoms with Crippen LogP contribution in [-0.2, 0) is 24.2 Å². The minimum Gasteiger partial charge on any atom is -0.496 e. The summed E-state index contributed by atoms with van der Waals surface area (Å²) in [4.78, 5) is 14.3. The number of halogens is 1. The monoisotopic (exact) mass is 402 g/mol. The average molecular weight is 403 g/mol.